The molecule has 4 rings (SSSR count). The number of carbonyl (C=O) groups excluding carboxylic acids is 2. The number of rotatable bonds is 5. The highest BCUT2D eigenvalue weighted by atomic mass is 19.1. The molecule has 7 heteroatoms. The average molecular weight is 464 g/mol. The molecular weight excluding hydrogens is 437 g/mol. The monoisotopic (exact) mass is 463 g/mol. The van der Waals surface area contributed by atoms with Gasteiger partial charge in [0.05, 0.1) is 31.5 Å². The molecule has 1 N–H and O–H groups in total. The SMILES string of the molecule is COc1ccc(C(O)=C2C(=O)C(=O)N(Cc3ccco3)[C@H]2c2ccc(C(C)(C)C)cc2)cc1F. The Kier molecular flexibility index (Phi) is 6.04. The van der Waals surface area contributed by atoms with Gasteiger partial charge in [-0.3, -0.25) is 9.59 Å². The molecule has 1 aromatic heterocycles. The van der Waals surface area contributed by atoms with Crippen LogP contribution in [-0.2, 0) is 21.5 Å². The molecule has 0 spiro atoms. The zero-order valence-electron chi connectivity index (χ0n) is 19.5. The lowest BCUT2D eigenvalue weighted by Gasteiger charge is -2.26. The van der Waals surface area contributed by atoms with E-state index in [-0.39, 0.29) is 28.8 Å². The average Bonchev–Trinajstić information content (AvgIpc) is 3.40. The van der Waals surface area contributed by atoms with E-state index in [1.165, 1.54) is 30.4 Å². The Balaban J connectivity index is 1.86. The molecule has 1 fully saturated rings. The van der Waals surface area contributed by atoms with Crippen LogP contribution in [0.3, 0.4) is 0 Å². The Morgan fingerprint density at radius 2 is 1.82 bits per heavy atom. The number of ether oxygens (including phenoxy) is 1. The van der Waals surface area contributed by atoms with Gasteiger partial charge in [0.2, 0.25) is 0 Å². The van der Waals surface area contributed by atoms with Gasteiger partial charge in [-0.05, 0) is 46.9 Å². The summed E-state index contributed by atoms with van der Waals surface area (Å²) in [6.07, 6.45) is 1.49. The fraction of sp³-hybridized carbons (Fsp3) is 0.259. The standard InChI is InChI=1S/C27H26FNO5/c1-27(2,3)18-10-7-16(8-11-18)23-22(24(30)17-9-12-21(33-4)20(28)14-17)25(31)26(32)29(23)15-19-6-5-13-34-19/h5-14,23,30H,15H2,1-4H3/t23-/m0/s1. The summed E-state index contributed by atoms with van der Waals surface area (Å²) in [5, 5.41) is 11.1. The van der Waals surface area contributed by atoms with Crippen molar-refractivity contribution in [2.75, 3.05) is 7.11 Å². The van der Waals surface area contributed by atoms with E-state index in [0.29, 0.717) is 11.3 Å². The van der Waals surface area contributed by atoms with Crippen molar-refractivity contribution < 1.29 is 28.2 Å². The van der Waals surface area contributed by atoms with E-state index in [4.69, 9.17) is 9.15 Å². The molecule has 0 bridgehead atoms. The van der Waals surface area contributed by atoms with Gasteiger partial charge in [0, 0.05) is 5.56 Å². The number of Topliss-reactive ketones (excluding diaryl/α,β-unsaturated/α-hetero) is 1. The molecule has 1 saturated heterocycles. The summed E-state index contributed by atoms with van der Waals surface area (Å²) in [7, 11) is 1.33. The van der Waals surface area contributed by atoms with Crippen molar-refractivity contribution in [3.8, 4) is 5.75 Å². The van der Waals surface area contributed by atoms with Crippen LogP contribution >= 0.6 is 0 Å². The fourth-order valence-electron chi connectivity index (χ4n) is 4.09. The summed E-state index contributed by atoms with van der Waals surface area (Å²) in [5.74, 6) is -2.26. The van der Waals surface area contributed by atoms with Crippen LogP contribution in [0.1, 0.15) is 49.3 Å². The van der Waals surface area contributed by atoms with E-state index < -0.39 is 29.3 Å². The van der Waals surface area contributed by atoms with E-state index in [0.717, 1.165) is 11.6 Å². The fourth-order valence-corrected chi connectivity index (χ4v) is 4.09. The predicted octanol–water partition coefficient (Wildman–Crippen LogP) is 5.35. The minimum Gasteiger partial charge on any atom is -0.507 e. The molecule has 1 aliphatic heterocycles. The highest BCUT2D eigenvalue weighted by Crippen LogP contribution is 2.41. The lowest BCUT2D eigenvalue weighted by Crippen LogP contribution is -2.29. The van der Waals surface area contributed by atoms with Crippen molar-refractivity contribution in [2.24, 2.45) is 0 Å². The van der Waals surface area contributed by atoms with E-state index in [9.17, 15) is 19.1 Å². The van der Waals surface area contributed by atoms with Crippen LogP contribution in [0.5, 0.6) is 5.75 Å². The van der Waals surface area contributed by atoms with Crippen LogP contribution in [0.25, 0.3) is 5.76 Å². The molecule has 3 aromatic rings. The molecule has 0 aliphatic carbocycles. The van der Waals surface area contributed by atoms with Gasteiger partial charge in [-0.1, -0.05) is 45.0 Å². The van der Waals surface area contributed by atoms with E-state index in [1.54, 1.807) is 12.1 Å². The number of benzene rings is 2. The summed E-state index contributed by atoms with van der Waals surface area (Å²) in [6.45, 7) is 6.30. The van der Waals surface area contributed by atoms with Crippen molar-refractivity contribution in [3.63, 3.8) is 0 Å². The third kappa shape index (κ3) is 4.21. The van der Waals surface area contributed by atoms with E-state index in [1.807, 2.05) is 24.3 Å². The van der Waals surface area contributed by atoms with Crippen molar-refractivity contribution >= 4 is 17.4 Å². The Labute approximate surface area is 197 Å². The minimum atomic E-state index is -0.871. The lowest BCUT2D eigenvalue weighted by atomic mass is 9.85. The summed E-state index contributed by atoms with van der Waals surface area (Å²) < 4.78 is 24.7. The third-order valence-electron chi connectivity index (χ3n) is 5.96. The number of aliphatic hydroxyl groups excluding tert-OH is 1. The number of furan rings is 1. The molecular formula is C27H26FNO5. The Morgan fingerprint density at radius 1 is 1.12 bits per heavy atom. The molecule has 34 heavy (non-hydrogen) atoms. The maximum Gasteiger partial charge on any atom is 0.296 e. The predicted molar refractivity (Wildman–Crippen MR) is 125 cm³/mol. The molecule has 1 aliphatic rings. The van der Waals surface area contributed by atoms with Crippen LogP contribution < -0.4 is 4.74 Å². The van der Waals surface area contributed by atoms with Gasteiger partial charge in [-0.15, -0.1) is 0 Å². The quantitative estimate of drug-likeness (QED) is 0.314. The first-order valence-corrected chi connectivity index (χ1v) is 10.9. The number of ketones is 1. The summed E-state index contributed by atoms with van der Waals surface area (Å²) >= 11 is 0. The van der Waals surface area contributed by atoms with Crippen molar-refractivity contribution in [1.82, 2.24) is 4.90 Å². The van der Waals surface area contributed by atoms with Gasteiger partial charge in [0.15, 0.2) is 11.6 Å². The molecule has 1 amide bonds. The van der Waals surface area contributed by atoms with Crippen LogP contribution in [0.15, 0.2) is 70.9 Å². The maximum atomic E-state index is 14.3. The minimum absolute atomic E-state index is 0.00383. The number of aliphatic hydroxyl groups is 1. The number of carbonyl (C=O) groups is 2. The largest absolute Gasteiger partial charge is 0.507 e. The van der Waals surface area contributed by atoms with Gasteiger partial charge in [0.1, 0.15) is 11.5 Å². The molecule has 176 valence electrons. The van der Waals surface area contributed by atoms with Gasteiger partial charge >= 0.3 is 0 Å². The van der Waals surface area contributed by atoms with Gasteiger partial charge in [0.25, 0.3) is 11.7 Å². The number of amides is 1. The van der Waals surface area contributed by atoms with Gasteiger partial charge < -0.3 is 19.2 Å². The summed E-state index contributed by atoms with van der Waals surface area (Å²) in [6, 6.07) is 14.0. The number of hydrogen-bond donors (Lipinski definition) is 1. The summed E-state index contributed by atoms with van der Waals surface area (Å²) in [4.78, 5) is 27.5. The zero-order valence-corrected chi connectivity index (χ0v) is 19.5. The highest BCUT2D eigenvalue weighted by Gasteiger charge is 2.46. The lowest BCUT2D eigenvalue weighted by molar-refractivity contribution is -0.140. The van der Waals surface area contributed by atoms with Crippen LogP contribution in [-0.4, -0.2) is 28.8 Å². The first kappa shape index (κ1) is 23.3. The van der Waals surface area contributed by atoms with E-state index in [2.05, 4.69) is 20.8 Å². The molecule has 0 saturated carbocycles. The Hall–Kier alpha value is -3.87. The third-order valence-corrected chi connectivity index (χ3v) is 5.96. The molecule has 0 unspecified atom stereocenters. The second-order valence-corrected chi connectivity index (χ2v) is 9.23. The first-order chi connectivity index (χ1) is 16.1. The number of nitrogens with zero attached hydrogens (tertiary/aromatic N) is 1. The molecule has 0 radical (unpaired) electrons. The normalized spacial score (nSPS) is 17.9. The van der Waals surface area contributed by atoms with Gasteiger partial charge in [-0.25, -0.2) is 4.39 Å². The van der Waals surface area contributed by atoms with Crippen LogP contribution in [0.4, 0.5) is 4.39 Å². The number of halogens is 1. The van der Waals surface area contributed by atoms with Crippen LogP contribution in [0, 0.1) is 5.82 Å². The second kappa shape index (κ2) is 8.82. The smallest absolute Gasteiger partial charge is 0.296 e. The number of methoxy groups -OCH3 is 1. The van der Waals surface area contributed by atoms with Crippen molar-refractivity contribution in [2.45, 2.75) is 38.8 Å². The van der Waals surface area contributed by atoms with Crippen molar-refractivity contribution in [1.29, 1.82) is 0 Å². The second-order valence-electron chi connectivity index (χ2n) is 9.23. The molecule has 6 nitrogen and oxygen atoms in total. The maximum absolute atomic E-state index is 14.3. The van der Waals surface area contributed by atoms with Crippen LogP contribution in [0.2, 0.25) is 0 Å². The number of hydrogen-bond acceptors (Lipinski definition) is 5. The van der Waals surface area contributed by atoms with Gasteiger partial charge in [-0.2, -0.15) is 0 Å². The Bertz CT molecular complexity index is 1250. The molecule has 2 heterocycles. The first-order valence-electron chi connectivity index (χ1n) is 10.9. The molecule has 2 aromatic carbocycles. The Morgan fingerprint density at radius 3 is 2.38 bits per heavy atom. The molecule has 1 atom stereocenters. The van der Waals surface area contributed by atoms with Crippen molar-refractivity contribution in [3.05, 3.63) is 94.7 Å². The summed E-state index contributed by atoms with van der Waals surface area (Å²) in [5.41, 5.74) is 1.61. The number of likely N-dealkylation sites (tertiary alicyclic amines) is 1. The highest BCUT2D eigenvalue weighted by molar-refractivity contribution is 6.46. The topological polar surface area (TPSA) is 80.0 Å². The van der Waals surface area contributed by atoms with E-state index >= 15 is 0 Å². The zero-order chi connectivity index (χ0) is 24.6.